The Kier molecular flexibility index (Phi) is 3.13. The minimum atomic E-state index is -0.566. The molecule has 1 saturated heterocycles. The zero-order chi connectivity index (χ0) is 13.1. The van der Waals surface area contributed by atoms with Gasteiger partial charge in [0.25, 0.3) is 5.91 Å². The van der Waals surface area contributed by atoms with Crippen LogP contribution < -0.4 is 20.7 Å². The summed E-state index contributed by atoms with van der Waals surface area (Å²) >= 11 is 0. The topological polar surface area (TPSA) is 102 Å². The standard InChI is InChI=1S/C11H11N3O4/c12-9(15)6-18-8-3-1-7(2-4-8)14-5-10(16)13-11(14)17/h1-4H,5-6H2,(H2,12,15)(H,13,16,17). The summed E-state index contributed by atoms with van der Waals surface area (Å²) in [6.45, 7) is -0.206. The predicted molar refractivity (Wildman–Crippen MR) is 62.0 cm³/mol. The van der Waals surface area contributed by atoms with E-state index in [-0.39, 0.29) is 19.1 Å². The van der Waals surface area contributed by atoms with E-state index >= 15 is 0 Å². The van der Waals surface area contributed by atoms with E-state index in [0.29, 0.717) is 11.4 Å². The van der Waals surface area contributed by atoms with Crippen LogP contribution in [0.2, 0.25) is 0 Å². The molecule has 7 nitrogen and oxygen atoms in total. The summed E-state index contributed by atoms with van der Waals surface area (Å²) in [6, 6.07) is 5.97. The van der Waals surface area contributed by atoms with Crippen molar-refractivity contribution in [1.82, 2.24) is 5.32 Å². The minimum absolute atomic E-state index is 0.000321. The Morgan fingerprint density at radius 3 is 2.50 bits per heavy atom. The van der Waals surface area contributed by atoms with Gasteiger partial charge in [0.15, 0.2) is 6.61 Å². The molecule has 0 radical (unpaired) electrons. The largest absolute Gasteiger partial charge is 0.484 e. The molecule has 2 rings (SSSR count). The first-order valence-corrected chi connectivity index (χ1v) is 5.19. The lowest BCUT2D eigenvalue weighted by molar-refractivity contribution is -0.120. The first kappa shape index (κ1) is 11.9. The fraction of sp³-hybridized carbons (Fsp3) is 0.182. The molecule has 1 aromatic carbocycles. The number of rotatable bonds is 4. The highest BCUT2D eigenvalue weighted by atomic mass is 16.5. The molecule has 1 heterocycles. The van der Waals surface area contributed by atoms with Gasteiger partial charge in [-0.15, -0.1) is 0 Å². The summed E-state index contributed by atoms with van der Waals surface area (Å²) in [6.07, 6.45) is 0. The lowest BCUT2D eigenvalue weighted by atomic mass is 10.3. The van der Waals surface area contributed by atoms with Gasteiger partial charge in [0.2, 0.25) is 5.91 Å². The first-order valence-electron chi connectivity index (χ1n) is 5.19. The molecule has 0 unspecified atom stereocenters. The highest BCUT2D eigenvalue weighted by molar-refractivity contribution is 6.12. The van der Waals surface area contributed by atoms with Gasteiger partial charge in [0, 0.05) is 5.69 Å². The van der Waals surface area contributed by atoms with Crippen molar-refractivity contribution in [1.29, 1.82) is 0 Å². The molecule has 0 aliphatic carbocycles. The number of carbonyl (C=O) groups excluding carboxylic acids is 3. The molecule has 94 valence electrons. The Bertz CT molecular complexity index is 498. The van der Waals surface area contributed by atoms with Crippen LogP contribution in [0.1, 0.15) is 0 Å². The number of hydrogen-bond donors (Lipinski definition) is 2. The molecule has 1 aliphatic heterocycles. The van der Waals surface area contributed by atoms with Crippen LogP contribution in [-0.4, -0.2) is 31.0 Å². The highest BCUT2D eigenvalue weighted by Crippen LogP contribution is 2.20. The second kappa shape index (κ2) is 4.74. The summed E-state index contributed by atoms with van der Waals surface area (Å²) in [7, 11) is 0. The summed E-state index contributed by atoms with van der Waals surface area (Å²) in [5.41, 5.74) is 5.51. The third-order valence-electron chi connectivity index (χ3n) is 2.32. The molecule has 0 bridgehead atoms. The number of imide groups is 1. The van der Waals surface area contributed by atoms with E-state index < -0.39 is 11.9 Å². The number of urea groups is 1. The molecule has 0 atom stereocenters. The van der Waals surface area contributed by atoms with Crippen molar-refractivity contribution in [2.24, 2.45) is 5.73 Å². The van der Waals surface area contributed by atoms with E-state index in [1.165, 1.54) is 4.90 Å². The number of carbonyl (C=O) groups is 3. The number of nitrogens with one attached hydrogen (secondary N) is 1. The smallest absolute Gasteiger partial charge is 0.329 e. The molecule has 1 aromatic rings. The molecular formula is C11H11N3O4. The van der Waals surface area contributed by atoms with Gasteiger partial charge in [0.05, 0.1) is 0 Å². The average molecular weight is 249 g/mol. The van der Waals surface area contributed by atoms with Crippen molar-refractivity contribution in [3.8, 4) is 5.75 Å². The van der Waals surface area contributed by atoms with Crippen LogP contribution in [0.4, 0.5) is 10.5 Å². The predicted octanol–water partition coefficient (Wildman–Crippen LogP) is -0.393. The average Bonchev–Trinajstić information content (AvgIpc) is 2.66. The molecular weight excluding hydrogens is 238 g/mol. The molecule has 0 aromatic heterocycles. The van der Waals surface area contributed by atoms with Gasteiger partial charge in [-0.25, -0.2) is 4.79 Å². The molecule has 0 spiro atoms. The maximum absolute atomic E-state index is 11.4. The molecule has 4 amide bonds. The fourth-order valence-electron chi connectivity index (χ4n) is 1.53. The monoisotopic (exact) mass is 249 g/mol. The molecule has 18 heavy (non-hydrogen) atoms. The Balaban J connectivity index is 2.05. The summed E-state index contributed by atoms with van der Waals surface area (Å²) in [5.74, 6) is -0.443. The maximum atomic E-state index is 11.4. The minimum Gasteiger partial charge on any atom is -0.484 e. The Hall–Kier alpha value is -2.57. The second-order valence-electron chi connectivity index (χ2n) is 3.69. The lowest BCUT2D eigenvalue weighted by Gasteiger charge is -2.13. The van der Waals surface area contributed by atoms with Crippen molar-refractivity contribution >= 4 is 23.5 Å². The van der Waals surface area contributed by atoms with E-state index in [1.807, 2.05) is 0 Å². The third-order valence-corrected chi connectivity index (χ3v) is 2.32. The molecule has 1 fully saturated rings. The van der Waals surface area contributed by atoms with E-state index in [2.05, 4.69) is 5.32 Å². The number of anilines is 1. The quantitative estimate of drug-likeness (QED) is 0.709. The highest BCUT2D eigenvalue weighted by Gasteiger charge is 2.27. The summed E-state index contributed by atoms with van der Waals surface area (Å²) in [5, 5.41) is 2.18. The first-order chi connectivity index (χ1) is 8.56. The van der Waals surface area contributed by atoms with Crippen molar-refractivity contribution in [2.75, 3.05) is 18.1 Å². The van der Waals surface area contributed by atoms with Gasteiger partial charge >= 0.3 is 6.03 Å². The zero-order valence-corrected chi connectivity index (χ0v) is 9.38. The maximum Gasteiger partial charge on any atom is 0.329 e. The zero-order valence-electron chi connectivity index (χ0n) is 9.38. The Labute approximate surface area is 102 Å². The van der Waals surface area contributed by atoms with E-state index in [4.69, 9.17) is 10.5 Å². The number of benzene rings is 1. The van der Waals surface area contributed by atoms with Crippen LogP contribution in [0.3, 0.4) is 0 Å². The van der Waals surface area contributed by atoms with Crippen LogP contribution in [0.25, 0.3) is 0 Å². The molecule has 1 aliphatic rings. The number of nitrogens with zero attached hydrogens (tertiary/aromatic N) is 1. The van der Waals surface area contributed by atoms with Crippen LogP contribution >= 0.6 is 0 Å². The normalized spacial score (nSPS) is 14.6. The van der Waals surface area contributed by atoms with E-state index in [0.717, 1.165) is 0 Å². The van der Waals surface area contributed by atoms with Gasteiger partial charge in [-0.3, -0.25) is 19.8 Å². The van der Waals surface area contributed by atoms with Gasteiger partial charge < -0.3 is 10.5 Å². The van der Waals surface area contributed by atoms with Crippen molar-refractivity contribution in [3.63, 3.8) is 0 Å². The summed E-state index contributed by atoms with van der Waals surface area (Å²) in [4.78, 5) is 34.3. The van der Waals surface area contributed by atoms with Gasteiger partial charge in [-0.2, -0.15) is 0 Å². The van der Waals surface area contributed by atoms with Crippen LogP contribution in [0.5, 0.6) is 5.75 Å². The van der Waals surface area contributed by atoms with Crippen LogP contribution in [0, 0.1) is 0 Å². The van der Waals surface area contributed by atoms with Crippen molar-refractivity contribution in [3.05, 3.63) is 24.3 Å². The van der Waals surface area contributed by atoms with E-state index in [9.17, 15) is 14.4 Å². The van der Waals surface area contributed by atoms with Crippen molar-refractivity contribution in [2.45, 2.75) is 0 Å². The van der Waals surface area contributed by atoms with E-state index in [1.54, 1.807) is 24.3 Å². The number of ether oxygens (including phenoxy) is 1. The number of primary amides is 1. The van der Waals surface area contributed by atoms with Gasteiger partial charge in [-0.1, -0.05) is 0 Å². The Morgan fingerprint density at radius 2 is 2.00 bits per heavy atom. The third kappa shape index (κ3) is 2.57. The number of nitrogens with two attached hydrogens (primary N) is 1. The second-order valence-corrected chi connectivity index (χ2v) is 3.69. The van der Waals surface area contributed by atoms with Crippen molar-refractivity contribution < 1.29 is 19.1 Å². The molecule has 0 saturated carbocycles. The van der Waals surface area contributed by atoms with Crippen LogP contribution in [0.15, 0.2) is 24.3 Å². The summed E-state index contributed by atoms with van der Waals surface area (Å²) < 4.78 is 5.07. The SMILES string of the molecule is NC(=O)COc1ccc(N2CC(=O)NC2=O)cc1. The molecule has 7 heteroatoms. The molecule has 3 N–H and O–H groups in total. The van der Waals surface area contributed by atoms with Gasteiger partial charge in [-0.05, 0) is 24.3 Å². The van der Waals surface area contributed by atoms with Gasteiger partial charge in [0.1, 0.15) is 12.3 Å². The Morgan fingerprint density at radius 1 is 1.33 bits per heavy atom. The number of amides is 4. The van der Waals surface area contributed by atoms with Crippen LogP contribution in [-0.2, 0) is 9.59 Å². The number of hydrogen-bond acceptors (Lipinski definition) is 4. The lowest BCUT2D eigenvalue weighted by Crippen LogP contribution is -2.27. The fourth-order valence-corrected chi connectivity index (χ4v) is 1.53.